The lowest BCUT2D eigenvalue weighted by molar-refractivity contribution is -0.157. The Morgan fingerprint density at radius 3 is 2.38 bits per heavy atom. The molecule has 2 spiro atoms. The first-order valence-corrected chi connectivity index (χ1v) is 13.8. The summed E-state index contributed by atoms with van der Waals surface area (Å²) in [5.41, 5.74) is 3.31. The smallest absolute Gasteiger partial charge is 0.138 e. The highest BCUT2D eigenvalue weighted by atomic mass is 16.5. The summed E-state index contributed by atoms with van der Waals surface area (Å²) in [4.78, 5) is 12.9. The van der Waals surface area contributed by atoms with Gasteiger partial charge in [-0.15, -0.1) is 0 Å². The van der Waals surface area contributed by atoms with Gasteiger partial charge in [0.05, 0.1) is 12.7 Å². The van der Waals surface area contributed by atoms with Gasteiger partial charge in [-0.25, -0.2) is 0 Å². The van der Waals surface area contributed by atoms with E-state index in [1.165, 1.54) is 63.4 Å². The Morgan fingerprint density at radius 2 is 1.62 bits per heavy atom. The van der Waals surface area contributed by atoms with Crippen molar-refractivity contribution in [3.05, 3.63) is 11.6 Å². The van der Waals surface area contributed by atoms with Crippen molar-refractivity contribution in [2.75, 3.05) is 6.61 Å². The van der Waals surface area contributed by atoms with Crippen LogP contribution in [0.4, 0.5) is 0 Å². The number of carbonyl (C=O) groups excluding carboxylic acids is 1. The van der Waals surface area contributed by atoms with Gasteiger partial charge >= 0.3 is 0 Å². The summed E-state index contributed by atoms with van der Waals surface area (Å²) in [6.07, 6.45) is 15.8. The summed E-state index contributed by atoms with van der Waals surface area (Å²) in [7, 11) is 0. The molecule has 1 saturated heterocycles. The second-order valence-corrected chi connectivity index (χ2v) is 14.4. The van der Waals surface area contributed by atoms with Crippen LogP contribution in [0.1, 0.15) is 106 Å². The van der Waals surface area contributed by atoms with E-state index in [0.29, 0.717) is 39.5 Å². The van der Waals surface area contributed by atoms with Gasteiger partial charge in [0.25, 0.3) is 0 Å². The van der Waals surface area contributed by atoms with Crippen LogP contribution in [0.25, 0.3) is 0 Å². The fraction of sp³-hybridized carbons (Fsp3) is 0.900. The minimum absolute atomic E-state index is 0.0896. The summed E-state index contributed by atoms with van der Waals surface area (Å²) in [6, 6.07) is 0. The maximum atomic E-state index is 12.9. The molecular weight excluding hydrogens is 392 g/mol. The third-order valence-corrected chi connectivity index (χ3v) is 13.1. The molecule has 178 valence electrons. The van der Waals surface area contributed by atoms with Crippen LogP contribution < -0.4 is 0 Å². The van der Waals surface area contributed by atoms with Crippen molar-refractivity contribution in [3.63, 3.8) is 0 Å². The van der Waals surface area contributed by atoms with E-state index in [0.717, 1.165) is 30.8 Å². The Morgan fingerprint density at radius 1 is 0.906 bits per heavy atom. The van der Waals surface area contributed by atoms with Crippen molar-refractivity contribution >= 4 is 5.78 Å². The Bertz CT molecular complexity index is 866. The molecule has 0 bridgehead atoms. The number of Topliss-reactive ketones (excluding diaryl/α,β-unsaturated/α-hetero) is 1. The summed E-state index contributed by atoms with van der Waals surface area (Å²) in [5.74, 6) is 3.65. The number of allylic oxidation sites excluding steroid dienone is 1. The molecule has 6 fully saturated rings. The van der Waals surface area contributed by atoms with Crippen LogP contribution in [0.3, 0.4) is 0 Å². The van der Waals surface area contributed by atoms with Crippen LogP contribution in [-0.4, -0.2) is 18.5 Å². The standard InChI is InChI=1S/C30H46O2/c1-19(2)15-21-16-20(17-32-21)22-9-11-28(6)24-8-7-23-26(3,4)25(31)10-12-29(23)18-30(24,29)14-13-27(22,28)5/h15,20-24H,7-14,16-18H2,1-6H3. The molecule has 6 aliphatic rings. The molecule has 9 atom stereocenters. The molecule has 1 heterocycles. The van der Waals surface area contributed by atoms with E-state index in [1.54, 1.807) is 0 Å². The molecule has 0 N–H and O–H groups in total. The molecule has 0 aromatic heterocycles. The third-order valence-electron chi connectivity index (χ3n) is 13.1. The Kier molecular flexibility index (Phi) is 4.46. The topological polar surface area (TPSA) is 26.3 Å². The monoisotopic (exact) mass is 438 g/mol. The van der Waals surface area contributed by atoms with Crippen LogP contribution in [0.2, 0.25) is 0 Å². The normalized spacial score (nSPS) is 55.4. The predicted octanol–water partition coefficient (Wildman–Crippen LogP) is 7.37. The van der Waals surface area contributed by atoms with Gasteiger partial charge < -0.3 is 4.74 Å². The van der Waals surface area contributed by atoms with Crippen molar-refractivity contribution < 1.29 is 9.53 Å². The van der Waals surface area contributed by atoms with E-state index < -0.39 is 0 Å². The first kappa shape index (κ1) is 21.9. The van der Waals surface area contributed by atoms with Gasteiger partial charge in [0.2, 0.25) is 0 Å². The maximum absolute atomic E-state index is 12.9. The SMILES string of the molecule is CC(C)=CC1CC(C2CCC3(C)C4CCC5C(C)(C)C(=O)CCC56CC46CCC23C)CO1. The molecule has 9 unspecified atom stereocenters. The Hall–Kier alpha value is -0.630. The number of ether oxygens (including phenoxy) is 1. The maximum Gasteiger partial charge on any atom is 0.138 e. The average molecular weight is 439 g/mol. The lowest BCUT2D eigenvalue weighted by Crippen LogP contribution is -2.57. The van der Waals surface area contributed by atoms with Crippen LogP contribution in [0.5, 0.6) is 0 Å². The van der Waals surface area contributed by atoms with Crippen LogP contribution in [-0.2, 0) is 9.53 Å². The molecule has 2 heteroatoms. The first-order chi connectivity index (χ1) is 15.0. The lowest BCUT2D eigenvalue weighted by Gasteiger charge is -2.62. The van der Waals surface area contributed by atoms with Gasteiger partial charge in [-0.2, -0.15) is 0 Å². The fourth-order valence-corrected chi connectivity index (χ4v) is 11.4. The predicted molar refractivity (Wildman–Crippen MR) is 129 cm³/mol. The molecule has 0 aromatic rings. The van der Waals surface area contributed by atoms with Crippen molar-refractivity contribution in [2.24, 2.45) is 50.7 Å². The van der Waals surface area contributed by atoms with Crippen molar-refractivity contribution in [1.29, 1.82) is 0 Å². The minimum Gasteiger partial charge on any atom is -0.374 e. The Labute approximate surface area is 196 Å². The highest BCUT2D eigenvalue weighted by molar-refractivity contribution is 5.86. The molecule has 32 heavy (non-hydrogen) atoms. The zero-order chi connectivity index (χ0) is 22.7. The number of hydrogen-bond donors (Lipinski definition) is 0. The quantitative estimate of drug-likeness (QED) is 0.421. The van der Waals surface area contributed by atoms with Gasteiger partial charge in [0, 0.05) is 11.8 Å². The number of hydrogen-bond acceptors (Lipinski definition) is 2. The number of rotatable bonds is 2. The van der Waals surface area contributed by atoms with Gasteiger partial charge in [-0.1, -0.05) is 39.3 Å². The van der Waals surface area contributed by atoms with Crippen LogP contribution in [0, 0.1) is 50.7 Å². The minimum atomic E-state index is -0.0896. The largest absolute Gasteiger partial charge is 0.374 e. The molecule has 0 radical (unpaired) electrons. The molecule has 5 aliphatic carbocycles. The number of fused-ring (bicyclic) bond motifs is 2. The van der Waals surface area contributed by atoms with E-state index in [9.17, 15) is 4.79 Å². The molecule has 5 saturated carbocycles. The molecule has 0 aromatic carbocycles. The van der Waals surface area contributed by atoms with Gasteiger partial charge in [0.1, 0.15) is 5.78 Å². The van der Waals surface area contributed by atoms with Crippen LogP contribution in [0.15, 0.2) is 11.6 Å². The summed E-state index contributed by atoms with van der Waals surface area (Å²) in [6.45, 7) is 15.4. The highest BCUT2D eigenvalue weighted by Crippen LogP contribution is 2.88. The van der Waals surface area contributed by atoms with Crippen molar-refractivity contribution in [1.82, 2.24) is 0 Å². The summed E-state index contributed by atoms with van der Waals surface area (Å²) >= 11 is 0. The Balaban J connectivity index is 1.29. The van der Waals surface area contributed by atoms with E-state index in [1.807, 2.05) is 0 Å². The highest BCUT2D eigenvalue weighted by Gasteiger charge is 2.82. The van der Waals surface area contributed by atoms with Gasteiger partial charge in [-0.3, -0.25) is 4.79 Å². The molecule has 6 rings (SSSR count). The van der Waals surface area contributed by atoms with Gasteiger partial charge in [0.15, 0.2) is 0 Å². The van der Waals surface area contributed by atoms with Crippen LogP contribution >= 0.6 is 0 Å². The molecule has 2 nitrogen and oxygen atoms in total. The van der Waals surface area contributed by atoms with E-state index in [-0.39, 0.29) is 5.41 Å². The van der Waals surface area contributed by atoms with E-state index >= 15 is 0 Å². The zero-order valence-corrected chi connectivity index (χ0v) is 21.6. The lowest BCUT2D eigenvalue weighted by atomic mass is 9.42. The summed E-state index contributed by atoms with van der Waals surface area (Å²) in [5, 5.41) is 0. The number of ketones is 1. The molecule has 1 aliphatic heterocycles. The first-order valence-electron chi connectivity index (χ1n) is 13.8. The second-order valence-electron chi connectivity index (χ2n) is 14.4. The van der Waals surface area contributed by atoms with Crippen molar-refractivity contribution in [3.8, 4) is 0 Å². The zero-order valence-electron chi connectivity index (χ0n) is 21.6. The fourth-order valence-electron chi connectivity index (χ4n) is 11.4. The summed E-state index contributed by atoms with van der Waals surface area (Å²) < 4.78 is 6.28. The van der Waals surface area contributed by atoms with E-state index in [2.05, 4.69) is 47.6 Å². The molecular formula is C30H46O2. The van der Waals surface area contributed by atoms with Crippen molar-refractivity contribution in [2.45, 2.75) is 112 Å². The third kappa shape index (κ3) is 2.44. The average Bonchev–Trinajstić information content (AvgIpc) is 3.02. The number of carbonyl (C=O) groups is 1. The van der Waals surface area contributed by atoms with E-state index in [4.69, 9.17) is 4.74 Å². The van der Waals surface area contributed by atoms with Gasteiger partial charge in [-0.05, 0) is 117 Å². The molecule has 0 amide bonds. The second kappa shape index (κ2) is 6.52.